The van der Waals surface area contributed by atoms with Crippen LogP contribution >= 0.6 is 15.9 Å². The van der Waals surface area contributed by atoms with Crippen LogP contribution in [-0.4, -0.2) is 31.1 Å². The molecule has 5 nitrogen and oxygen atoms in total. The fourth-order valence-corrected chi connectivity index (χ4v) is 3.45. The van der Waals surface area contributed by atoms with Crippen molar-refractivity contribution in [3.63, 3.8) is 0 Å². The fraction of sp³-hybridized carbons (Fsp3) is 0.556. The Hall–Kier alpha value is -1.56. The summed E-state index contributed by atoms with van der Waals surface area (Å²) in [5, 5.41) is 3.01. The molecule has 0 saturated heterocycles. The first-order valence-electron chi connectivity index (χ1n) is 8.27. The lowest BCUT2D eigenvalue weighted by atomic mass is 9.86. The average Bonchev–Trinajstić information content (AvgIpc) is 2.56. The number of ether oxygens (including phenoxy) is 2. The van der Waals surface area contributed by atoms with Crippen molar-refractivity contribution in [2.24, 2.45) is 5.92 Å². The Morgan fingerprint density at radius 1 is 1.29 bits per heavy atom. The molecule has 1 aromatic rings. The van der Waals surface area contributed by atoms with Gasteiger partial charge in [-0.25, -0.2) is 4.79 Å². The van der Waals surface area contributed by atoms with Crippen LogP contribution in [0.25, 0.3) is 0 Å². The van der Waals surface area contributed by atoms with E-state index in [1.54, 1.807) is 32.2 Å². The van der Waals surface area contributed by atoms with Crippen LogP contribution in [0, 0.1) is 5.92 Å². The molecule has 1 saturated carbocycles. The van der Waals surface area contributed by atoms with E-state index in [1.165, 1.54) is 6.42 Å². The number of rotatable bonds is 5. The van der Waals surface area contributed by atoms with E-state index < -0.39 is 12.1 Å². The summed E-state index contributed by atoms with van der Waals surface area (Å²) in [6.45, 7) is 3.74. The lowest BCUT2D eigenvalue weighted by Crippen LogP contribution is -2.45. The minimum Gasteiger partial charge on any atom is -0.496 e. The molecule has 0 aromatic heterocycles. The summed E-state index contributed by atoms with van der Waals surface area (Å²) in [7, 11) is 1.55. The Morgan fingerprint density at radius 2 is 2.00 bits per heavy atom. The summed E-state index contributed by atoms with van der Waals surface area (Å²) >= 11 is 3.33. The predicted molar refractivity (Wildman–Crippen MR) is 95.1 cm³/mol. The molecule has 24 heavy (non-hydrogen) atoms. The Balaban J connectivity index is 1.92. The van der Waals surface area contributed by atoms with Crippen molar-refractivity contribution < 1.29 is 19.1 Å². The van der Waals surface area contributed by atoms with Gasteiger partial charge in [-0.05, 0) is 59.8 Å². The molecule has 0 heterocycles. The SMILES string of the molecule is COc1ccc(C(=O)O[C@H](C)C(=O)N[C@H]2CCCC[C@H]2C)cc1Br. The number of carbonyl (C=O) groups excluding carboxylic acids is 2. The van der Waals surface area contributed by atoms with Gasteiger partial charge in [0.25, 0.3) is 5.91 Å². The average molecular weight is 398 g/mol. The van der Waals surface area contributed by atoms with Gasteiger partial charge in [-0.1, -0.05) is 19.8 Å². The first kappa shape index (κ1) is 18.8. The number of halogens is 1. The summed E-state index contributed by atoms with van der Waals surface area (Å²) < 4.78 is 11.1. The summed E-state index contributed by atoms with van der Waals surface area (Å²) in [6, 6.07) is 5.08. The molecule has 3 atom stereocenters. The lowest BCUT2D eigenvalue weighted by molar-refractivity contribution is -0.130. The maximum absolute atomic E-state index is 12.3. The molecule has 0 spiro atoms. The van der Waals surface area contributed by atoms with E-state index in [-0.39, 0.29) is 11.9 Å². The Morgan fingerprint density at radius 3 is 2.62 bits per heavy atom. The van der Waals surface area contributed by atoms with Crippen molar-refractivity contribution >= 4 is 27.8 Å². The van der Waals surface area contributed by atoms with Gasteiger partial charge in [-0.2, -0.15) is 0 Å². The second-order valence-electron chi connectivity index (χ2n) is 6.27. The number of hydrogen-bond acceptors (Lipinski definition) is 4. The predicted octanol–water partition coefficient (Wildman–Crippen LogP) is 3.70. The third-order valence-electron chi connectivity index (χ3n) is 4.48. The summed E-state index contributed by atoms with van der Waals surface area (Å²) in [4.78, 5) is 24.5. The van der Waals surface area contributed by atoms with Crippen LogP contribution in [0.4, 0.5) is 0 Å². The molecule has 1 aliphatic rings. The summed E-state index contributed by atoms with van der Waals surface area (Å²) in [5.74, 6) is 0.319. The van der Waals surface area contributed by atoms with Crippen molar-refractivity contribution in [3.05, 3.63) is 28.2 Å². The summed E-state index contributed by atoms with van der Waals surface area (Å²) in [6.07, 6.45) is 3.62. The molecule has 1 fully saturated rings. The number of methoxy groups -OCH3 is 1. The highest BCUT2D eigenvalue weighted by atomic mass is 79.9. The monoisotopic (exact) mass is 397 g/mol. The molecule has 0 aliphatic heterocycles. The Labute approximate surface area is 151 Å². The Kier molecular flexibility index (Phi) is 6.66. The van der Waals surface area contributed by atoms with Crippen LogP contribution in [0.1, 0.15) is 49.9 Å². The van der Waals surface area contributed by atoms with Crippen molar-refractivity contribution in [3.8, 4) is 5.75 Å². The normalized spacial score (nSPS) is 21.7. The van der Waals surface area contributed by atoms with E-state index >= 15 is 0 Å². The van der Waals surface area contributed by atoms with Crippen molar-refractivity contribution in [1.29, 1.82) is 0 Å². The first-order chi connectivity index (χ1) is 11.4. The maximum atomic E-state index is 12.3. The van der Waals surface area contributed by atoms with Gasteiger partial charge in [0.2, 0.25) is 0 Å². The molecular weight excluding hydrogens is 374 g/mol. The van der Waals surface area contributed by atoms with Gasteiger partial charge in [-0.3, -0.25) is 4.79 Å². The van der Waals surface area contributed by atoms with Gasteiger partial charge < -0.3 is 14.8 Å². The topological polar surface area (TPSA) is 64.6 Å². The molecule has 1 aliphatic carbocycles. The van der Waals surface area contributed by atoms with E-state index in [0.29, 0.717) is 21.7 Å². The van der Waals surface area contributed by atoms with Gasteiger partial charge in [0.15, 0.2) is 6.10 Å². The first-order valence-corrected chi connectivity index (χ1v) is 9.06. The summed E-state index contributed by atoms with van der Waals surface area (Å²) in [5.41, 5.74) is 0.369. The third-order valence-corrected chi connectivity index (χ3v) is 5.10. The van der Waals surface area contributed by atoms with Crippen molar-refractivity contribution in [2.75, 3.05) is 7.11 Å². The highest BCUT2D eigenvalue weighted by molar-refractivity contribution is 9.10. The van der Waals surface area contributed by atoms with E-state index in [4.69, 9.17) is 9.47 Å². The van der Waals surface area contributed by atoms with Gasteiger partial charge in [0, 0.05) is 6.04 Å². The van der Waals surface area contributed by atoms with Crippen LogP contribution in [0.2, 0.25) is 0 Å². The largest absolute Gasteiger partial charge is 0.496 e. The molecule has 6 heteroatoms. The Bertz CT molecular complexity index is 605. The van der Waals surface area contributed by atoms with Gasteiger partial charge in [0.05, 0.1) is 17.1 Å². The van der Waals surface area contributed by atoms with Gasteiger partial charge >= 0.3 is 5.97 Å². The smallest absolute Gasteiger partial charge is 0.338 e. The lowest BCUT2D eigenvalue weighted by Gasteiger charge is -2.30. The number of amides is 1. The number of nitrogens with one attached hydrogen (secondary N) is 1. The number of benzene rings is 1. The fourth-order valence-electron chi connectivity index (χ4n) is 2.91. The zero-order valence-corrected chi connectivity index (χ0v) is 15.9. The quantitative estimate of drug-likeness (QED) is 0.769. The van der Waals surface area contributed by atoms with E-state index in [1.807, 2.05) is 0 Å². The third kappa shape index (κ3) is 4.72. The van der Waals surface area contributed by atoms with Gasteiger partial charge in [0.1, 0.15) is 5.75 Å². The zero-order chi connectivity index (χ0) is 17.7. The number of esters is 1. The van der Waals surface area contributed by atoms with Crippen molar-refractivity contribution in [2.45, 2.75) is 51.7 Å². The highest BCUT2D eigenvalue weighted by Crippen LogP contribution is 2.26. The maximum Gasteiger partial charge on any atom is 0.338 e. The zero-order valence-electron chi connectivity index (χ0n) is 14.3. The minimum absolute atomic E-state index is 0.169. The minimum atomic E-state index is -0.826. The molecule has 1 aromatic carbocycles. The highest BCUT2D eigenvalue weighted by Gasteiger charge is 2.26. The molecule has 0 radical (unpaired) electrons. The number of hydrogen-bond donors (Lipinski definition) is 1. The van der Waals surface area contributed by atoms with Gasteiger partial charge in [-0.15, -0.1) is 0 Å². The molecule has 1 N–H and O–H groups in total. The van der Waals surface area contributed by atoms with Crippen LogP contribution in [0.15, 0.2) is 22.7 Å². The standard InChI is InChI=1S/C18H24BrNO4/c1-11-6-4-5-7-15(11)20-17(21)12(2)24-18(22)13-8-9-16(23-3)14(19)10-13/h8-12,15H,4-7H2,1-3H3,(H,20,21)/t11-,12-,15+/m1/s1. The van der Waals surface area contributed by atoms with Crippen LogP contribution in [0.3, 0.4) is 0 Å². The second-order valence-corrected chi connectivity index (χ2v) is 7.13. The van der Waals surface area contributed by atoms with Crippen LogP contribution in [0.5, 0.6) is 5.75 Å². The number of carbonyl (C=O) groups is 2. The molecule has 1 amide bonds. The molecule has 132 valence electrons. The van der Waals surface area contributed by atoms with E-state index in [2.05, 4.69) is 28.2 Å². The molecular formula is C18H24BrNO4. The molecule has 0 bridgehead atoms. The van der Waals surface area contributed by atoms with E-state index in [0.717, 1.165) is 19.3 Å². The van der Waals surface area contributed by atoms with E-state index in [9.17, 15) is 9.59 Å². The van der Waals surface area contributed by atoms with Crippen molar-refractivity contribution in [1.82, 2.24) is 5.32 Å². The van der Waals surface area contributed by atoms with Crippen LogP contribution in [-0.2, 0) is 9.53 Å². The molecule has 0 unspecified atom stereocenters. The molecule has 2 rings (SSSR count). The van der Waals surface area contributed by atoms with Crippen LogP contribution < -0.4 is 10.1 Å². The second kappa shape index (κ2) is 8.51.